The van der Waals surface area contributed by atoms with E-state index >= 15 is 0 Å². The van der Waals surface area contributed by atoms with Crippen LogP contribution in [0.3, 0.4) is 0 Å². The number of hydrogen-bond acceptors (Lipinski definition) is 6. The van der Waals surface area contributed by atoms with Gasteiger partial charge in [-0.15, -0.1) is 0 Å². The van der Waals surface area contributed by atoms with E-state index in [1.165, 1.54) is 6.20 Å². The maximum Gasteiger partial charge on any atom is 0.341 e. The normalized spacial score (nSPS) is 10.2. The van der Waals surface area contributed by atoms with Crippen molar-refractivity contribution in [2.75, 3.05) is 12.3 Å². The minimum absolute atomic E-state index is 0.220. The van der Waals surface area contributed by atoms with Crippen molar-refractivity contribution >= 4 is 11.7 Å². The Hall–Kier alpha value is -2.63. The number of aromatic nitrogens is 2. The Morgan fingerprint density at radius 2 is 2.00 bits per heavy atom. The van der Waals surface area contributed by atoms with E-state index in [9.17, 15) is 4.79 Å². The quantitative estimate of drug-likeness (QED) is 0.669. The van der Waals surface area contributed by atoms with Crippen LogP contribution in [0.1, 0.15) is 28.5 Å². The molecule has 0 spiro atoms. The summed E-state index contributed by atoms with van der Waals surface area (Å²) in [6.45, 7) is 4.11. The molecule has 0 aliphatic carbocycles. The Morgan fingerprint density at radius 3 is 2.62 bits per heavy atom. The molecule has 2 rings (SSSR count). The van der Waals surface area contributed by atoms with Gasteiger partial charge in [0.2, 0.25) is 0 Å². The summed E-state index contributed by atoms with van der Waals surface area (Å²) in [5.74, 6) is -0.430. The zero-order chi connectivity index (χ0) is 15.2. The van der Waals surface area contributed by atoms with Gasteiger partial charge in [0.25, 0.3) is 0 Å². The van der Waals surface area contributed by atoms with Crippen molar-refractivity contribution in [3.05, 3.63) is 47.3 Å². The molecular weight excluding hydrogens is 270 g/mol. The van der Waals surface area contributed by atoms with Gasteiger partial charge in [0.15, 0.2) is 0 Å². The molecule has 6 nitrogen and oxygen atoms in total. The highest BCUT2D eigenvalue weighted by molar-refractivity contribution is 5.90. The van der Waals surface area contributed by atoms with Crippen LogP contribution in [-0.2, 0) is 11.3 Å². The lowest BCUT2D eigenvalue weighted by molar-refractivity contribution is 0.0524. The summed E-state index contributed by atoms with van der Waals surface area (Å²) in [4.78, 5) is 19.8. The minimum Gasteiger partial charge on any atom is -0.462 e. The maximum atomic E-state index is 11.6. The van der Waals surface area contributed by atoms with Crippen molar-refractivity contribution < 1.29 is 14.3 Å². The fourth-order valence-electron chi connectivity index (χ4n) is 1.69. The zero-order valence-corrected chi connectivity index (χ0v) is 12.0. The van der Waals surface area contributed by atoms with E-state index in [0.29, 0.717) is 30.2 Å². The largest absolute Gasteiger partial charge is 0.462 e. The van der Waals surface area contributed by atoms with Gasteiger partial charge in [-0.2, -0.15) is 4.98 Å². The molecule has 0 unspecified atom stereocenters. The summed E-state index contributed by atoms with van der Waals surface area (Å²) < 4.78 is 10.4. The molecule has 1 heterocycles. The number of nitrogens with two attached hydrogens (primary N) is 1. The number of ether oxygens (including phenoxy) is 2. The second-order valence-corrected chi connectivity index (χ2v) is 4.40. The first-order chi connectivity index (χ1) is 10.1. The van der Waals surface area contributed by atoms with E-state index in [4.69, 9.17) is 15.2 Å². The fourth-order valence-corrected chi connectivity index (χ4v) is 1.69. The van der Waals surface area contributed by atoms with Crippen LogP contribution in [0.15, 0.2) is 30.5 Å². The number of aryl methyl sites for hydroxylation is 1. The summed E-state index contributed by atoms with van der Waals surface area (Å²) in [6, 6.07) is 7.56. The van der Waals surface area contributed by atoms with Gasteiger partial charge in [0.1, 0.15) is 6.61 Å². The van der Waals surface area contributed by atoms with Crippen molar-refractivity contribution in [1.82, 2.24) is 9.97 Å². The van der Waals surface area contributed by atoms with E-state index in [2.05, 4.69) is 9.97 Å². The summed E-state index contributed by atoms with van der Waals surface area (Å²) in [5.41, 5.74) is 8.14. The van der Waals surface area contributed by atoms with Crippen molar-refractivity contribution in [2.45, 2.75) is 20.5 Å². The fraction of sp³-hybridized carbons (Fsp3) is 0.267. The number of esters is 1. The number of carbonyl (C=O) groups excluding carboxylic acids is 1. The Bertz CT molecular complexity index is 627. The lowest BCUT2D eigenvalue weighted by Crippen LogP contribution is -2.10. The van der Waals surface area contributed by atoms with Gasteiger partial charge in [0, 0.05) is 11.9 Å². The number of nitrogens with zero attached hydrogens (tertiary/aromatic N) is 2. The molecule has 0 amide bonds. The highest BCUT2D eigenvalue weighted by Gasteiger charge is 2.13. The van der Waals surface area contributed by atoms with Gasteiger partial charge in [0.05, 0.1) is 17.9 Å². The Kier molecular flexibility index (Phi) is 4.71. The van der Waals surface area contributed by atoms with Crippen LogP contribution in [0.25, 0.3) is 0 Å². The van der Waals surface area contributed by atoms with Crippen LogP contribution in [0.4, 0.5) is 5.69 Å². The van der Waals surface area contributed by atoms with Crippen molar-refractivity contribution in [3.63, 3.8) is 0 Å². The topological polar surface area (TPSA) is 87.3 Å². The first-order valence-electron chi connectivity index (χ1n) is 6.58. The number of benzene rings is 1. The molecule has 0 atom stereocenters. The minimum atomic E-state index is -0.430. The average molecular weight is 287 g/mol. The first-order valence-corrected chi connectivity index (χ1v) is 6.58. The summed E-state index contributed by atoms with van der Waals surface area (Å²) >= 11 is 0. The first kappa shape index (κ1) is 14.8. The lowest BCUT2D eigenvalue weighted by atomic mass is 10.2. The zero-order valence-electron chi connectivity index (χ0n) is 12.0. The van der Waals surface area contributed by atoms with Gasteiger partial charge in [-0.1, -0.05) is 12.1 Å². The van der Waals surface area contributed by atoms with Gasteiger partial charge < -0.3 is 15.2 Å². The predicted octanol–water partition coefficient (Wildman–Crippen LogP) is 2.12. The van der Waals surface area contributed by atoms with Crippen LogP contribution < -0.4 is 10.5 Å². The Morgan fingerprint density at radius 1 is 1.29 bits per heavy atom. The van der Waals surface area contributed by atoms with Crippen LogP contribution in [0.5, 0.6) is 6.01 Å². The summed E-state index contributed by atoms with van der Waals surface area (Å²) in [5, 5.41) is 0. The monoisotopic (exact) mass is 287 g/mol. The van der Waals surface area contributed by atoms with E-state index in [1.807, 2.05) is 12.1 Å². The van der Waals surface area contributed by atoms with Gasteiger partial charge in [-0.25, -0.2) is 9.78 Å². The third-order valence-corrected chi connectivity index (χ3v) is 2.80. The van der Waals surface area contributed by atoms with Crippen LogP contribution >= 0.6 is 0 Å². The number of rotatable bonds is 5. The molecule has 0 fully saturated rings. The standard InChI is InChI=1S/C15H17N3O3/c1-3-20-14(19)13-8-17-15(18-10(13)2)21-9-11-4-6-12(16)7-5-11/h4-8H,3,9,16H2,1-2H3. The van der Waals surface area contributed by atoms with Gasteiger partial charge >= 0.3 is 12.0 Å². The third kappa shape index (κ3) is 3.92. The highest BCUT2D eigenvalue weighted by atomic mass is 16.5. The van der Waals surface area contributed by atoms with Crippen LogP contribution in [0, 0.1) is 6.92 Å². The smallest absolute Gasteiger partial charge is 0.341 e. The van der Waals surface area contributed by atoms with Crippen LogP contribution in [0.2, 0.25) is 0 Å². The molecular formula is C15H17N3O3. The van der Waals surface area contributed by atoms with Gasteiger partial charge in [-0.3, -0.25) is 0 Å². The molecule has 6 heteroatoms. The predicted molar refractivity (Wildman–Crippen MR) is 77.9 cm³/mol. The van der Waals surface area contributed by atoms with E-state index < -0.39 is 5.97 Å². The number of nitrogen functional groups attached to an aromatic ring is 1. The molecule has 21 heavy (non-hydrogen) atoms. The van der Waals surface area contributed by atoms with Crippen molar-refractivity contribution in [1.29, 1.82) is 0 Å². The third-order valence-electron chi connectivity index (χ3n) is 2.80. The highest BCUT2D eigenvalue weighted by Crippen LogP contribution is 2.12. The summed E-state index contributed by atoms with van der Waals surface area (Å²) in [7, 11) is 0. The average Bonchev–Trinajstić information content (AvgIpc) is 2.47. The molecule has 2 aromatic rings. The van der Waals surface area contributed by atoms with Crippen molar-refractivity contribution in [3.8, 4) is 6.01 Å². The molecule has 0 saturated heterocycles. The molecule has 0 bridgehead atoms. The molecule has 0 aliphatic heterocycles. The Balaban J connectivity index is 2.03. The molecule has 0 radical (unpaired) electrons. The Labute approximate surface area is 122 Å². The number of carbonyl (C=O) groups is 1. The molecule has 0 saturated carbocycles. The molecule has 1 aromatic heterocycles. The second kappa shape index (κ2) is 6.69. The second-order valence-electron chi connectivity index (χ2n) is 4.40. The van der Waals surface area contributed by atoms with Gasteiger partial charge in [-0.05, 0) is 31.5 Å². The van der Waals surface area contributed by atoms with E-state index in [1.54, 1.807) is 26.0 Å². The molecule has 0 aliphatic rings. The van der Waals surface area contributed by atoms with E-state index in [-0.39, 0.29) is 6.01 Å². The summed E-state index contributed by atoms with van der Waals surface area (Å²) in [6.07, 6.45) is 1.42. The van der Waals surface area contributed by atoms with Crippen LogP contribution in [-0.4, -0.2) is 22.5 Å². The lowest BCUT2D eigenvalue weighted by Gasteiger charge is -2.08. The van der Waals surface area contributed by atoms with Crippen molar-refractivity contribution in [2.24, 2.45) is 0 Å². The van der Waals surface area contributed by atoms with E-state index in [0.717, 1.165) is 5.56 Å². The number of anilines is 1. The molecule has 1 aromatic carbocycles. The SMILES string of the molecule is CCOC(=O)c1cnc(OCc2ccc(N)cc2)nc1C. The molecule has 2 N–H and O–H groups in total. The molecule has 110 valence electrons. The maximum absolute atomic E-state index is 11.6. The number of hydrogen-bond donors (Lipinski definition) is 1.